The van der Waals surface area contributed by atoms with E-state index in [0.717, 1.165) is 0 Å². The van der Waals surface area contributed by atoms with Gasteiger partial charge in [0.1, 0.15) is 0 Å². The SMILES string of the molecule is O=C(NC1(C(F)(F)F)CCc2ccccc21)c1ccn2nnnc2c1. The number of carbonyl (C=O) groups is 1. The zero-order chi connectivity index (χ0) is 17.7. The van der Waals surface area contributed by atoms with Crippen LogP contribution >= 0.6 is 0 Å². The maximum atomic E-state index is 13.9. The smallest absolute Gasteiger partial charge is 0.334 e. The van der Waals surface area contributed by atoms with Crippen LogP contribution in [-0.2, 0) is 12.0 Å². The second kappa shape index (κ2) is 5.27. The van der Waals surface area contributed by atoms with E-state index in [1.54, 1.807) is 18.2 Å². The highest BCUT2D eigenvalue weighted by molar-refractivity contribution is 5.95. The molecule has 0 bridgehead atoms. The third-order valence-corrected chi connectivity index (χ3v) is 4.52. The molecule has 0 aliphatic heterocycles. The molecule has 1 unspecified atom stereocenters. The number of aromatic nitrogens is 4. The molecule has 1 N–H and O–H groups in total. The van der Waals surface area contributed by atoms with E-state index in [1.807, 2.05) is 0 Å². The number of pyridine rings is 1. The minimum atomic E-state index is -4.62. The van der Waals surface area contributed by atoms with Crippen LogP contribution in [0.25, 0.3) is 5.65 Å². The molecule has 6 nitrogen and oxygen atoms in total. The third kappa shape index (κ3) is 2.34. The highest BCUT2D eigenvalue weighted by Crippen LogP contribution is 2.48. The van der Waals surface area contributed by atoms with Gasteiger partial charge in [-0.25, -0.2) is 4.52 Å². The molecule has 0 radical (unpaired) electrons. The number of fused-ring (bicyclic) bond motifs is 2. The lowest BCUT2D eigenvalue weighted by Crippen LogP contribution is -2.54. The van der Waals surface area contributed by atoms with E-state index >= 15 is 0 Å². The number of amides is 1. The topological polar surface area (TPSA) is 72.2 Å². The maximum Gasteiger partial charge on any atom is 0.415 e. The minimum absolute atomic E-state index is 0.0651. The van der Waals surface area contributed by atoms with Crippen LogP contribution in [0.3, 0.4) is 0 Å². The lowest BCUT2D eigenvalue weighted by molar-refractivity contribution is -0.197. The zero-order valence-electron chi connectivity index (χ0n) is 12.8. The van der Waals surface area contributed by atoms with E-state index in [1.165, 1.54) is 28.9 Å². The summed E-state index contributed by atoms with van der Waals surface area (Å²) in [5.41, 5.74) is -1.35. The van der Waals surface area contributed by atoms with Crippen LogP contribution in [0.15, 0.2) is 42.6 Å². The number of benzene rings is 1. The monoisotopic (exact) mass is 347 g/mol. The van der Waals surface area contributed by atoms with Gasteiger partial charge in [0.25, 0.3) is 5.91 Å². The first-order chi connectivity index (χ1) is 11.9. The van der Waals surface area contributed by atoms with Gasteiger partial charge < -0.3 is 5.32 Å². The Morgan fingerprint density at radius 2 is 2.04 bits per heavy atom. The van der Waals surface area contributed by atoms with E-state index in [0.29, 0.717) is 5.56 Å². The van der Waals surface area contributed by atoms with Crippen molar-refractivity contribution in [2.45, 2.75) is 24.6 Å². The molecule has 1 atom stereocenters. The molecule has 1 aliphatic carbocycles. The van der Waals surface area contributed by atoms with Crippen molar-refractivity contribution in [1.82, 2.24) is 25.4 Å². The van der Waals surface area contributed by atoms with E-state index in [2.05, 4.69) is 20.8 Å². The Bertz CT molecular complexity index is 968. The summed E-state index contributed by atoms with van der Waals surface area (Å²) >= 11 is 0. The van der Waals surface area contributed by atoms with E-state index < -0.39 is 17.6 Å². The first-order valence-corrected chi connectivity index (χ1v) is 7.56. The van der Waals surface area contributed by atoms with Gasteiger partial charge in [-0.15, -0.1) is 5.10 Å². The van der Waals surface area contributed by atoms with Gasteiger partial charge in [-0.1, -0.05) is 24.3 Å². The summed E-state index contributed by atoms with van der Waals surface area (Å²) in [5.74, 6) is -0.820. The first-order valence-electron chi connectivity index (χ1n) is 7.56. The van der Waals surface area contributed by atoms with Crippen molar-refractivity contribution in [1.29, 1.82) is 0 Å². The molecular formula is C16H12F3N5O. The lowest BCUT2D eigenvalue weighted by atomic mass is 9.90. The van der Waals surface area contributed by atoms with Gasteiger partial charge in [-0.05, 0) is 46.5 Å². The molecule has 1 aromatic carbocycles. The molecule has 3 aromatic rings. The van der Waals surface area contributed by atoms with Crippen LogP contribution in [0.2, 0.25) is 0 Å². The Kier molecular flexibility index (Phi) is 3.28. The van der Waals surface area contributed by atoms with Gasteiger partial charge in [0, 0.05) is 11.8 Å². The van der Waals surface area contributed by atoms with E-state index in [-0.39, 0.29) is 29.6 Å². The summed E-state index contributed by atoms with van der Waals surface area (Å²) in [6.45, 7) is 0. The molecule has 0 saturated carbocycles. The van der Waals surface area contributed by atoms with E-state index in [4.69, 9.17) is 0 Å². The predicted octanol–water partition coefficient (Wildman–Crippen LogP) is 2.26. The highest BCUT2D eigenvalue weighted by atomic mass is 19.4. The molecule has 0 spiro atoms. The van der Waals surface area contributed by atoms with Gasteiger partial charge >= 0.3 is 6.18 Å². The molecule has 9 heteroatoms. The van der Waals surface area contributed by atoms with Crippen molar-refractivity contribution in [3.8, 4) is 0 Å². The van der Waals surface area contributed by atoms with Crippen LogP contribution in [-0.4, -0.2) is 32.1 Å². The van der Waals surface area contributed by atoms with Crippen LogP contribution in [0.5, 0.6) is 0 Å². The van der Waals surface area contributed by atoms with Gasteiger partial charge in [0.2, 0.25) is 0 Å². The van der Waals surface area contributed by atoms with Crippen molar-refractivity contribution in [2.75, 3.05) is 0 Å². The molecular weight excluding hydrogens is 335 g/mol. The second-order valence-corrected chi connectivity index (χ2v) is 5.91. The molecule has 0 saturated heterocycles. The van der Waals surface area contributed by atoms with Crippen molar-refractivity contribution < 1.29 is 18.0 Å². The van der Waals surface area contributed by atoms with E-state index in [9.17, 15) is 18.0 Å². The Hall–Kier alpha value is -2.97. The Labute approximate surface area is 139 Å². The fourth-order valence-electron chi connectivity index (χ4n) is 3.25. The van der Waals surface area contributed by atoms with Gasteiger partial charge in [0.15, 0.2) is 11.2 Å². The second-order valence-electron chi connectivity index (χ2n) is 5.91. The standard InChI is InChI=1S/C16H12F3N5O/c17-16(18,19)15(7-5-10-3-1-2-4-12(10)15)20-14(25)11-6-8-24-13(9-11)21-22-23-24/h1-4,6,8-9H,5,7H2,(H,20,25). The third-order valence-electron chi connectivity index (χ3n) is 4.52. The van der Waals surface area contributed by atoms with Crippen LogP contribution in [0.1, 0.15) is 27.9 Å². The summed E-state index contributed by atoms with van der Waals surface area (Å²) in [7, 11) is 0. The predicted molar refractivity (Wildman–Crippen MR) is 80.7 cm³/mol. The molecule has 128 valence electrons. The Morgan fingerprint density at radius 1 is 1.24 bits per heavy atom. The van der Waals surface area contributed by atoms with Crippen molar-refractivity contribution in [3.63, 3.8) is 0 Å². The highest BCUT2D eigenvalue weighted by Gasteiger charge is 2.59. The average molecular weight is 347 g/mol. The average Bonchev–Trinajstić information content (AvgIpc) is 3.19. The number of hydrogen-bond donors (Lipinski definition) is 1. The Balaban J connectivity index is 1.74. The number of nitrogens with zero attached hydrogens (tertiary/aromatic N) is 4. The zero-order valence-corrected chi connectivity index (χ0v) is 12.8. The van der Waals surface area contributed by atoms with Gasteiger partial charge in [-0.2, -0.15) is 13.2 Å². The van der Waals surface area contributed by atoms with Crippen LogP contribution in [0, 0.1) is 0 Å². The fraction of sp³-hybridized carbons (Fsp3) is 0.250. The van der Waals surface area contributed by atoms with Crippen LogP contribution < -0.4 is 5.32 Å². The largest absolute Gasteiger partial charge is 0.415 e. The number of rotatable bonds is 2. The van der Waals surface area contributed by atoms with Gasteiger partial charge in [0.05, 0.1) is 0 Å². The van der Waals surface area contributed by atoms with Gasteiger partial charge in [-0.3, -0.25) is 4.79 Å². The number of alkyl halides is 3. The molecule has 0 fully saturated rings. The minimum Gasteiger partial charge on any atom is -0.334 e. The number of hydrogen-bond acceptors (Lipinski definition) is 4. The Morgan fingerprint density at radius 3 is 2.84 bits per heavy atom. The normalized spacial score (nSPS) is 19.8. The first kappa shape index (κ1) is 15.6. The summed E-state index contributed by atoms with van der Waals surface area (Å²) in [4.78, 5) is 12.5. The number of aryl methyl sites for hydroxylation is 1. The number of tetrazole rings is 1. The maximum absolute atomic E-state index is 13.9. The number of nitrogens with one attached hydrogen (secondary N) is 1. The van der Waals surface area contributed by atoms with Crippen molar-refractivity contribution in [2.24, 2.45) is 0 Å². The summed E-state index contributed by atoms with van der Waals surface area (Å²) in [6, 6.07) is 9.04. The number of halogens is 3. The van der Waals surface area contributed by atoms with Crippen molar-refractivity contribution >= 4 is 11.6 Å². The summed E-state index contributed by atoms with van der Waals surface area (Å²) in [6.07, 6.45) is -3.16. The molecule has 2 heterocycles. The summed E-state index contributed by atoms with van der Waals surface area (Å²) < 4.78 is 43.1. The quantitative estimate of drug-likeness (QED) is 0.772. The lowest BCUT2D eigenvalue weighted by Gasteiger charge is -2.33. The molecule has 4 rings (SSSR count). The molecule has 2 aromatic heterocycles. The fourth-order valence-corrected chi connectivity index (χ4v) is 3.25. The van der Waals surface area contributed by atoms with Crippen molar-refractivity contribution in [3.05, 3.63) is 59.3 Å². The summed E-state index contributed by atoms with van der Waals surface area (Å²) in [5, 5.41) is 13.0. The molecule has 1 amide bonds. The van der Waals surface area contributed by atoms with Crippen LogP contribution in [0.4, 0.5) is 13.2 Å². The molecule has 25 heavy (non-hydrogen) atoms. The molecule has 1 aliphatic rings. The number of carbonyl (C=O) groups excluding carboxylic acids is 1.